The summed E-state index contributed by atoms with van der Waals surface area (Å²) in [7, 11) is 0. The Labute approximate surface area is 363 Å². The molecule has 0 aliphatic carbocycles. The molecule has 14 aromatic rings. The largest absolute Gasteiger partial charge is 0.309 e. The molecule has 290 valence electrons. The fourth-order valence-corrected chi connectivity index (χ4v) is 11.2. The van der Waals surface area contributed by atoms with E-state index in [9.17, 15) is 0 Å². The molecule has 0 aliphatic heterocycles. The molecule has 1 heteroatoms. The number of hydrogen-bond donors (Lipinski definition) is 0. The zero-order chi connectivity index (χ0) is 41.2. The fourth-order valence-electron chi connectivity index (χ4n) is 11.2. The summed E-state index contributed by atoms with van der Waals surface area (Å²) in [4.78, 5) is 0. The van der Waals surface area contributed by atoms with Crippen molar-refractivity contribution in [3.05, 3.63) is 224 Å². The van der Waals surface area contributed by atoms with Gasteiger partial charge in [-0.1, -0.05) is 176 Å². The van der Waals surface area contributed by atoms with E-state index in [1.165, 1.54) is 130 Å². The van der Waals surface area contributed by atoms with Crippen LogP contribution in [0.2, 0.25) is 0 Å². The van der Waals surface area contributed by atoms with Gasteiger partial charge in [0.1, 0.15) is 0 Å². The van der Waals surface area contributed by atoms with Crippen LogP contribution in [0.15, 0.2) is 224 Å². The lowest BCUT2D eigenvalue weighted by Crippen LogP contribution is -1.93. The Balaban J connectivity index is 1.07. The molecule has 0 bridgehead atoms. The van der Waals surface area contributed by atoms with Gasteiger partial charge >= 0.3 is 0 Å². The molecule has 13 aromatic carbocycles. The van der Waals surface area contributed by atoms with E-state index < -0.39 is 0 Å². The summed E-state index contributed by atoms with van der Waals surface area (Å²) < 4.78 is 2.44. The van der Waals surface area contributed by atoms with Crippen molar-refractivity contribution in [2.24, 2.45) is 0 Å². The maximum absolute atomic E-state index is 2.46. The number of aromatic nitrogens is 1. The Morgan fingerprint density at radius 2 is 0.508 bits per heavy atom. The summed E-state index contributed by atoms with van der Waals surface area (Å²) >= 11 is 0. The van der Waals surface area contributed by atoms with Crippen molar-refractivity contribution in [1.82, 2.24) is 4.57 Å². The predicted octanol–water partition coefficient (Wildman–Crippen LogP) is 17.3. The molecule has 0 N–H and O–H groups in total. The third-order valence-corrected chi connectivity index (χ3v) is 13.9. The third-order valence-electron chi connectivity index (χ3n) is 13.9. The van der Waals surface area contributed by atoms with E-state index in [0.29, 0.717) is 0 Å². The molecule has 0 saturated carbocycles. The van der Waals surface area contributed by atoms with Crippen molar-refractivity contribution in [3.63, 3.8) is 0 Å². The first-order valence-corrected chi connectivity index (χ1v) is 21.9. The molecule has 0 aliphatic rings. The van der Waals surface area contributed by atoms with E-state index in [1.807, 2.05) is 0 Å². The van der Waals surface area contributed by atoms with Gasteiger partial charge in [0.05, 0.1) is 11.0 Å². The van der Waals surface area contributed by atoms with Gasteiger partial charge in [-0.25, -0.2) is 0 Å². The van der Waals surface area contributed by atoms with Crippen LogP contribution in [0.25, 0.3) is 136 Å². The Kier molecular flexibility index (Phi) is 7.17. The Morgan fingerprint density at radius 1 is 0.206 bits per heavy atom. The fraction of sp³-hybridized carbons (Fsp3) is 0. The molecular formula is C62H37N. The smallest absolute Gasteiger partial charge is 0.0541 e. The van der Waals surface area contributed by atoms with Crippen LogP contribution in [-0.4, -0.2) is 4.57 Å². The molecule has 63 heavy (non-hydrogen) atoms. The Bertz CT molecular complexity index is 3990. The van der Waals surface area contributed by atoms with Gasteiger partial charge in [0.25, 0.3) is 0 Å². The quantitative estimate of drug-likeness (QED) is 0.157. The van der Waals surface area contributed by atoms with E-state index in [1.54, 1.807) is 0 Å². The number of fused-ring (bicyclic) bond motifs is 19. The molecule has 0 atom stereocenters. The average Bonchev–Trinajstić information content (AvgIpc) is 3.69. The molecule has 0 fully saturated rings. The number of para-hydroxylation sites is 1. The van der Waals surface area contributed by atoms with Gasteiger partial charge in [-0.3, -0.25) is 0 Å². The monoisotopic (exact) mass is 795 g/mol. The summed E-state index contributed by atoms with van der Waals surface area (Å²) in [6.45, 7) is 0. The van der Waals surface area contributed by atoms with Crippen LogP contribution in [0.4, 0.5) is 0 Å². The van der Waals surface area contributed by atoms with Crippen molar-refractivity contribution in [2.75, 3.05) is 0 Å². The van der Waals surface area contributed by atoms with E-state index in [4.69, 9.17) is 0 Å². The summed E-state index contributed by atoms with van der Waals surface area (Å²) in [6.07, 6.45) is 0. The molecule has 0 spiro atoms. The van der Waals surface area contributed by atoms with Gasteiger partial charge in [-0.2, -0.15) is 0 Å². The topological polar surface area (TPSA) is 4.93 Å². The number of hydrogen-bond acceptors (Lipinski definition) is 0. The van der Waals surface area contributed by atoms with Crippen molar-refractivity contribution in [2.45, 2.75) is 0 Å². The first kappa shape index (κ1) is 34.5. The van der Waals surface area contributed by atoms with Crippen LogP contribution in [0.5, 0.6) is 0 Å². The van der Waals surface area contributed by atoms with Gasteiger partial charge in [-0.15, -0.1) is 0 Å². The van der Waals surface area contributed by atoms with E-state index in [-0.39, 0.29) is 0 Å². The zero-order valence-electron chi connectivity index (χ0n) is 34.3. The van der Waals surface area contributed by atoms with Crippen molar-refractivity contribution in [1.29, 1.82) is 0 Å². The second kappa shape index (κ2) is 13.1. The summed E-state index contributed by atoms with van der Waals surface area (Å²) in [5.41, 5.74) is 8.46. The van der Waals surface area contributed by atoms with Gasteiger partial charge in [0.15, 0.2) is 0 Å². The van der Waals surface area contributed by atoms with Crippen molar-refractivity contribution >= 4 is 108 Å². The molecule has 0 radical (unpaired) electrons. The van der Waals surface area contributed by atoms with E-state index in [2.05, 4.69) is 229 Å². The third kappa shape index (κ3) is 4.88. The standard InChI is InChI=1S/C62H37N/c1-2-16-40(17-3-1)63-59-32-30-38(53-36-57-45-22-6-4-18-41(45)43-20-8-12-26-49(43)61(57)51-28-14-10-24-47(51)53)34-55(59)56-35-39(31-33-60(56)63)54-37-58-46-23-7-5-19-42(46)44-21-9-13-27-50(44)62(58)52-29-15-11-25-48(52)54/h1-37H. The maximum Gasteiger partial charge on any atom is 0.0541 e. The van der Waals surface area contributed by atoms with Crippen LogP contribution >= 0.6 is 0 Å². The zero-order valence-corrected chi connectivity index (χ0v) is 34.3. The van der Waals surface area contributed by atoms with Gasteiger partial charge in [-0.05, 0) is 157 Å². The maximum atomic E-state index is 2.46. The number of nitrogens with zero attached hydrogens (tertiary/aromatic N) is 1. The highest BCUT2D eigenvalue weighted by Crippen LogP contribution is 2.46. The van der Waals surface area contributed by atoms with Crippen LogP contribution in [0.3, 0.4) is 0 Å². The Morgan fingerprint density at radius 3 is 0.905 bits per heavy atom. The summed E-state index contributed by atoms with van der Waals surface area (Å²) in [5.74, 6) is 0. The van der Waals surface area contributed by atoms with Crippen LogP contribution in [0.1, 0.15) is 0 Å². The van der Waals surface area contributed by atoms with Crippen molar-refractivity contribution in [3.8, 4) is 27.9 Å². The minimum absolute atomic E-state index is 1.15. The molecule has 0 amide bonds. The number of benzene rings is 13. The van der Waals surface area contributed by atoms with E-state index >= 15 is 0 Å². The SMILES string of the molecule is c1ccc(-n2c3ccc(-c4cc5c6ccccc6c6ccccc6c5c5ccccc45)cc3c3cc(-c4cc5c6ccccc6c6ccccc6c5c5ccccc45)ccc32)cc1. The molecule has 1 nitrogen and oxygen atoms in total. The first-order valence-electron chi connectivity index (χ1n) is 21.9. The lowest BCUT2D eigenvalue weighted by atomic mass is 9.87. The molecule has 1 aromatic heterocycles. The minimum Gasteiger partial charge on any atom is -0.309 e. The highest BCUT2D eigenvalue weighted by Gasteiger charge is 2.20. The lowest BCUT2D eigenvalue weighted by Gasteiger charge is -2.16. The second-order valence-corrected chi connectivity index (χ2v) is 17.1. The van der Waals surface area contributed by atoms with Crippen LogP contribution < -0.4 is 0 Å². The van der Waals surface area contributed by atoms with E-state index in [0.717, 1.165) is 5.69 Å². The highest BCUT2D eigenvalue weighted by atomic mass is 15.0. The second-order valence-electron chi connectivity index (χ2n) is 17.1. The van der Waals surface area contributed by atoms with Crippen molar-refractivity contribution < 1.29 is 0 Å². The van der Waals surface area contributed by atoms with Crippen LogP contribution in [0, 0.1) is 0 Å². The average molecular weight is 796 g/mol. The normalized spacial score (nSPS) is 12.1. The molecule has 0 saturated heterocycles. The van der Waals surface area contributed by atoms with Gasteiger partial charge < -0.3 is 4.57 Å². The summed E-state index contributed by atoms with van der Waals surface area (Å²) in [5, 5.41) is 23.1. The van der Waals surface area contributed by atoms with Gasteiger partial charge in [0.2, 0.25) is 0 Å². The lowest BCUT2D eigenvalue weighted by molar-refractivity contribution is 1.18. The van der Waals surface area contributed by atoms with Crippen LogP contribution in [-0.2, 0) is 0 Å². The summed E-state index contributed by atoms with van der Waals surface area (Å²) in [6, 6.07) is 83.7. The highest BCUT2D eigenvalue weighted by molar-refractivity contribution is 6.34. The molecular weight excluding hydrogens is 759 g/mol. The predicted molar refractivity (Wildman–Crippen MR) is 272 cm³/mol. The molecule has 14 rings (SSSR count). The Hall–Kier alpha value is -8.26. The van der Waals surface area contributed by atoms with Gasteiger partial charge in [0, 0.05) is 16.5 Å². The molecule has 1 heterocycles. The molecule has 0 unspecified atom stereocenters. The minimum atomic E-state index is 1.15. The number of rotatable bonds is 3. The first-order chi connectivity index (χ1) is 31.3.